The molecule has 3 aromatic rings. The van der Waals surface area contributed by atoms with Crippen LogP contribution in [0.5, 0.6) is 5.75 Å². The number of hydrogen-bond acceptors (Lipinski definition) is 5. The maximum atomic E-state index is 5.85. The summed E-state index contributed by atoms with van der Waals surface area (Å²) in [5.41, 5.74) is 8.91. The highest BCUT2D eigenvalue weighted by molar-refractivity contribution is 5.33. The highest BCUT2D eigenvalue weighted by Gasteiger charge is 2.07. The van der Waals surface area contributed by atoms with E-state index < -0.39 is 0 Å². The van der Waals surface area contributed by atoms with Crippen molar-refractivity contribution in [3.05, 3.63) is 83.8 Å². The fraction of sp³-hybridized carbons (Fsp3) is 0.200. The normalized spacial score (nSPS) is 11.9. The zero-order chi connectivity index (χ0) is 17.5. The van der Waals surface area contributed by atoms with Gasteiger partial charge in [-0.3, -0.25) is 4.98 Å². The lowest BCUT2D eigenvalue weighted by Crippen LogP contribution is -2.18. The molecule has 0 bridgehead atoms. The minimum atomic E-state index is 0.188. The Hall–Kier alpha value is -2.92. The van der Waals surface area contributed by atoms with E-state index in [4.69, 9.17) is 10.5 Å². The molecule has 1 aromatic carbocycles. The molecule has 0 aliphatic rings. The summed E-state index contributed by atoms with van der Waals surface area (Å²) in [6.45, 7) is 3.32. The number of hydrogen-bond donors (Lipinski definition) is 2. The Balaban J connectivity index is 1.58. The average Bonchev–Trinajstić information content (AvgIpc) is 2.65. The molecule has 5 nitrogen and oxygen atoms in total. The van der Waals surface area contributed by atoms with Crippen LogP contribution < -0.4 is 15.8 Å². The van der Waals surface area contributed by atoms with Crippen LogP contribution in [-0.2, 0) is 13.2 Å². The van der Waals surface area contributed by atoms with E-state index in [0.717, 1.165) is 23.6 Å². The molecule has 1 atom stereocenters. The van der Waals surface area contributed by atoms with E-state index in [1.807, 2.05) is 42.5 Å². The Labute approximate surface area is 147 Å². The van der Waals surface area contributed by atoms with Crippen molar-refractivity contribution in [3.63, 3.8) is 0 Å². The van der Waals surface area contributed by atoms with E-state index >= 15 is 0 Å². The van der Waals surface area contributed by atoms with Crippen LogP contribution in [0.15, 0.2) is 67.0 Å². The third-order valence-corrected chi connectivity index (χ3v) is 3.93. The number of aromatic nitrogens is 2. The van der Waals surface area contributed by atoms with Gasteiger partial charge in [-0.15, -0.1) is 0 Å². The van der Waals surface area contributed by atoms with Crippen molar-refractivity contribution in [1.29, 1.82) is 0 Å². The van der Waals surface area contributed by atoms with E-state index in [1.54, 1.807) is 12.4 Å². The number of pyridine rings is 2. The first-order valence-corrected chi connectivity index (χ1v) is 8.27. The maximum absolute atomic E-state index is 5.85. The van der Waals surface area contributed by atoms with Crippen molar-refractivity contribution >= 4 is 5.82 Å². The second kappa shape index (κ2) is 8.26. The molecule has 3 rings (SSSR count). The number of benzene rings is 1. The van der Waals surface area contributed by atoms with Gasteiger partial charge in [0.2, 0.25) is 0 Å². The Bertz CT molecular complexity index is 808. The third-order valence-electron chi connectivity index (χ3n) is 3.93. The fourth-order valence-electron chi connectivity index (χ4n) is 2.51. The summed E-state index contributed by atoms with van der Waals surface area (Å²) in [5.74, 6) is 1.38. The minimum absolute atomic E-state index is 0.188. The number of nitrogen functional groups attached to an aromatic ring is 1. The second-order valence-electron chi connectivity index (χ2n) is 5.87. The molecule has 1 unspecified atom stereocenters. The SMILES string of the molecule is CC(NCc1ccnc(N)c1)c1cccc(OCc2ccccn2)c1. The molecule has 0 spiro atoms. The molecule has 3 N–H and O–H groups in total. The standard InChI is InChI=1S/C20H22N4O/c1-15(24-13-16-8-10-23-20(21)11-16)17-5-4-7-19(12-17)25-14-18-6-2-3-9-22-18/h2-12,15,24H,13-14H2,1H3,(H2,21,23). The number of rotatable bonds is 7. The quantitative estimate of drug-likeness (QED) is 0.692. The van der Waals surface area contributed by atoms with Gasteiger partial charge in [0.25, 0.3) is 0 Å². The van der Waals surface area contributed by atoms with Crippen LogP contribution >= 0.6 is 0 Å². The average molecular weight is 334 g/mol. The highest BCUT2D eigenvalue weighted by Crippen LogP contribution is 2.20. The summed E-state index contributed by atoms with van der Waals surface area (Å²) in [6, 6.07) is 18.0. The molecule has 0 saturated heterocycles. The van der Waals surface area contributed by atoms with Crippen LogP contribution in [0.2, 0.25) is 0 Å². The van der Waals surface area contributed by atoms with Crippen LogP contribution in [0, 0.1) is 0 Å². The number of nitrogens with one attached hydrogen (secondary N) is 1. The first kappa shape index (κ1) is 16.9. The number of ether oxygens (including phenoxy) is 1. The summed E-state index contributed by atoms with van der Waals surface area (Å²) in [6.07, 6.45) is 3.50. The van der Waals surface area contributed by atoms with Crippen molar-refractivity contribution in [2.75, 3.05) is 5.73 Å². The van der Waals surface area contributed by atoms with Crippen LogP contribution in [0.25, 0.3) is 0 Å². The summed E-state index contributed by atoms with van der Waals surface area (Å²) in [7, 11) is 0. The lowest BCUT2D eigenvalue weighted by Gasteiger charge is -2.16. The van der Waals surface area contributed by atoms with Gasteiger partial charge in [-0.2, -0.15) is 0 Å². The zero-order valence-corrected chi connectivity index (χ0v) is 14.2. The first-order chi connectivity index (χ1) is 12.2. The van der Waals surface area contributed by atoms with E-state index in [2.05, 4.69) is 34.3 Å². The smallest absolute Gasteiger partial charge is 0.130 e. The van der Waals surface area contributed by atoms with Gasteiger partial charge in [0.1, 0.15) is 18.2 Å². The predicted octanol–water partition coefficient (Wildman–Crippen LogP) is 3.49. The molecule has 0 amide bonds. The van der Waals surface area contributed by atoms with Gasteiger partial charge in [-0.25, -0.2) is 4.98 Å². The lowest BCUT2D eigenvalue weighted by molar-refractivity contribution is 0.300. The molecular formula is C20H22N4O. The summed E-state index contributed by atoms with van der Waals surface area (Å²) >= 11 is 0. The molecule has 0 aliphatic heterocycles. The fourth-order valence-corrected chi connectivity index (χ4v) is 2.51. The van der Waals surface area contributed by atoms with Gasteiger partial charge in [-0.1, -0.05) is 18.2 Å². The number of nitrogens with zero attached hydrogens (tertiary/aromatic N) is 2. The summed E-state index contributed by atoms with van der Waals surface area (Å²) < 4.78 is 5.85. The van der Waals surface area contributed by atoms with Crippen LogP contribution in [0.4, 0.5) is 5.82 Å². The molecule has 2 heterocycles. The molecule has 128 valence electrons. The summed E-state index contributed by atoms with van der Waals surface area (Å²) in [5, 5.41) is 3.49. The van der Waals surface area contributed by atoms with Gasteiger partial charge < -0.3 is 15.8 Å². The van der Waals surface area contributed by atoms with Gasteiger partial charge in [-0.05, 0) is 54.4 Å². The molecule has 25 heavy (non-hydrogen) atoms. The van der Waals surface area contributed by atoms with Gasteiger partial charge in [0.05, 0.1) is 5.69 Å². The Morgan fingerprint density at radius 1 is 1.04 bits per heavy atom. The van der Waals surface area contributed by atoms with Crippen molar-refractivity contribution in [2.45, 2.75) is 26.1 Å². The molecule has 5 heteroatoms. The van der Waals surface area contributed by atoms with Crippen LogP contribution in [0.3, 0.4) is 0 Å². The summed E-state index contributed by atoms with van der Waals surface area (Å²) in [4.78, 5) is 8.28. The van der Waals surface area contributed by atoms with E-state index in [9.17, 15) is 0 Å². The van der Waals surface area contributed by atoms with Crippen molar-refractivity contribution < 1.29 is 4.74 Å². The van der Waals surface area contributed by atoms with E-state index in [0.29, 0.717) is 12.4 Å². The number of anilines is 1. The zero-order valence-electron chi connectivity index (χ0n) is 14.2. The largest absolute Gasteiger partial charge is 0.487 e. The Morgan fingerprint density at radius 2 is 1.96 bits per heavy atom. The second-order valence-corrected chi connectivity index (χ2v) is 5.87. The molecule has 2 aromatic heterocycles. The van der Waals surface area contributed by atoms with Crippen molar-refractivity contribution in [1.82, 2.24) is 15.3 Å². The maximum Gasteiger partial charge on any atom is 0.130 e. The molecule has 0 saturated carbocycles. The minimum Gasteiger partial charge on any atom is -0.487 e. The van der Waals surface area contributed by atoms with Gasteiger partial charge >= 0.3 is 0 Å². The third kappa shape index (κ3) is 5.02. The van der Waals surface area contributed by atoms with Crippen molar-refractivity contribution in [2.24, 2.45) is 0 Å². The molecule has 0 aliphatic carbocycles. The predicted molar refractivity (Wildman–Crippen MR) is 98.9 cm³/mol. The molecular weight excluding hydrogens is 312 g/mol. The Morgan fingerprint density at radius 3 is 2.76 bits per heavy atom. The molecule has 0 fully saturated rings. The van der Waals surface area contributed by atoms with E-state index in [-0.39, 0.29) is 6.04 Å². The number of nitrogens with two attached hydrogens (primary N) is 1. The van der Waals surface area contributed by atoms with Crippen LogP contribution in [0.1, 0.15) is 29.8 Å². The first-order valence-electron chi connectivity index (χ1n) is 8.27. The van der Waals surface area contributed by atoms with Gasteiger partial charge in [0.15, 0.2) is 0 Å². The van der Waals surface area contributed by atoms with Gasteiger partial charge in [0, 0.05) is 25.0 Å². The Kier molecular flexibility index (Phi) is 5.59. The lowest BCUT2D eigenvalue weighted by atomic mass is 10.1. The topological polar surface area (TPSA) is 73.1 Å². The van der Waals surface area contributed by atoms with Crippen molar-refractivity contribution in [3.8, 4) is 5.75 Å². The molecule has 0 radical (unpaired) electrons. The monoisotopic (exact) mass is 334 g/mol. The van der Waals surface area contributed by atoms with Crippen LogP contribution in [-0.4, -0.2) is 9.97 Å². The highest BCUT2D eigenvalue weighted by atomic mass is 16.5. The van der Waals surface area contributed by atoms with E-state index in [1.165, 1.54) is 5.56 Å².